The van der Waals surface area contributed by atoms with E-state index in [9.17, 15) is 13.6 Å². The number of hydrogen-bond donors (Lipinski definition) is 1. The minimum atomic E-state index is -0.927. The van der Waals surface area contributed by atoms with Crippen molar-refractivity contribution < 1.29 is 13.6 Å². The quantitative estimate of drug-likeness (QED) is 0.706. The van der Waals surface area contributed by atoms with Crippen molar-refractivity contribution in [2.75, 3.05) is 18.9 Å². The van der Waals surface area contributed by atoms with Crippen molar-refractivity contribution in [1.29, 1.82) is 0 Å². The van der Waals surface area contributed by atoms with Gasteiger partial charge in [0, 0.05) is 17.5 Å². The van der Waals surface area contributed by atoms with Gasteiger partial charge in [0.05, 0.1) is 12.2 Å². The Kier molecular flexibility index (Phi) is 5.70. The molecule has 26 heavy (non-hydrogen) atoms. The monoisotopic (exact) mass is 373 g/mol. The summed E-state index contributed by atoms with van der Waals surface area (Å²) in [5.74, 6) is -2.02. The average molecular weight is 373 g/mol. The molecule has 1 aromatic heterocycles. The molecular weight excluding hydrogens is 356 g/mol. The number of thiazole rings is 1. The van der Waals surface area contributed by atoms with Gasteiger partial charge in [0.25, 0.3) is 0 Å². The molecule has 4 nitrogen and oxygen atoms in total. The molecule has 0 spiro atoms. The second-order valence-electron chi connectivity index (χ2n) is 5.87. The van der Waals surface area contributed by atoms with Gasteiger partial charge in [-0.3, -0.25) is 9.69 Å². The summed E-state index contributed by atoms with van der Waals surface area (Å²) in [5.41, 5.74) is 2.07. The van der Waals surface area contributed by atoms with Crippen molar-refractivity contribution in [3.05, 3.63) is 71.1 Å². The maximum absolute atomic E-state index is 13.3. The first kappa shape index (κ1) is 18.2. The highest BCUT2D eigenvalue weighted by atomic mass is 32.1. The summed E-state index contributed by atoms with van der Waals surface area (Å²) in [6, 6.07) is 13.5. The van der Waals surface area contributed by atoms with E-state index in [4.69, 9.17) is 0 Å². The van der Waals surface area contributed by atoms with Crippen LogP contribution < -0.4 is 5.32 Å². The van der Waals surface area contributed by atoms with E-state index in [1.54, 1.807) is 5.38 Å². The van der Waals surface area contributed by atoms with E-state index >= 15 is 0 Å². The first-order valence-electron chi connectivity index (χ1n) is 7.94. The molecule has 0 saturated heterocycles. The normalized spacial score (nSPS) is 10.9. The highest BCUT2D eigenvalue weighted by Crippen LogP contribution is 2.26. The van der Waals surface area contributed by atoms with Crippen molar-refractivity contribution in [1.82, 2.24) is 9.88 Å². The SMILES string of the molecule is CN(CC(=O)Nc1nc(-c2ccc(F)c(F)c2)cs1)Cc1ccccc1. The molecule has 0 atom stereocenters. The van der Waals surface area contributed by atoms with Gasteiger partial charge in [-0.15, -0.1) is 11.3 Å². The van der Waals surface area contributed by atoms with Crippen LogP contribution in [-0.2, 0) is 11.3 Å². The van der Waals surface area contributed by atoms with Crippen LogP contribution in [0.15, 0.2) is 53.9 Å². The highest BCUT2D eigenvalue weighted by Gasteiger charge is 2.12. The van der Waals surface area contributed by atoms with Gasteiger partial charge in [-0.2, -0.15) is 0 Å². The van der Waals surface area contributed by atoms with Crippen LogP contribution in [0, 0.1) is 11.6 Å². The van der Waals surface area contributed by atoms with Crippen molar-refractivity contribution in [3.8, 4) is 11.3 Å². The van der Waals surface area contributed by atoms with Gasteiger partial charge < -0.3 is 5.32 Å². The first-order chi connectivity index (χ1) is 12.5. The van der Waals surface area contributed by atoms with Crippen molar-refractivity contribution in [2.24, 2.45) is 0 Å². The van der Waals surface area contributed by atoms with Crippen LogP contribution >= 0.6 is 11.3 Å². The predicted molar refractivity (Wildman–Crippen MR) is 98.9 cm³/mol. The van der Waals surface area contributed by atoms with Gasteiger partial charge in [0.15, 0.2) is 16.8 Å². The number of carbonyl (C=O) groups is 1. The third-order valence-electron chi connectivity index (χ3n) is 3.67. The lowest BCUT2D eigenvalue weighted by Gasteiger charge is -2.15. The van der Waals surface area contributed by atoms with Gasteiger partial charge in [0.2, 0.25) is 5.91 Å². The molecule has 0 fully saturated rings. The second-order valence-corrected chi connectivity index (χ2v) is 6.73. The number of aromatic nitrogens is 1. The van der Waals surface area contributed by atoms with Crippen molar-refractivity contribution in [3.63, 3.8) is 0 Å². The number of carbonyl (C=O) groups excluding carboxylic acids is 1. The van der Waals surface area contributed by atoms with E-state index in [2.05, 4.69) is 10.3 Å². The summed E-state index contributed by atoms with van der Waals surface area (Å²) >= 11 is 1.24. The molecule has 3 rings (SSSR count). The number of nitrogens with zero attached hydrogens (tertiary/aromatic N) is 2. The summed E-state index contributed by atoms with van der Waals surface area (Å²) < 4.78 is 26.3. The van der Waals surface area contributed by atoms with Crippen molar-refractivity contribution in [2.45, 2.75) is 6.54 Å². The summed E-state index contributed by atoms with van der Waals surface area (Å²) in [4.78, 5) is 18.3. The standard InChI is InChI=1S/C19H17F2N3OS/c1-24(10-13-5-3-2-4-6-13)11-18(25)23-19-22-17(12-26-19)14-7-8-15(20)16(21)9-14/h2-9,12H,10-11H2,1H3,(H,22,23,25). The molecule has 1 amide bonds. The Morgan fingerprint density at radius 3 is 2.65 bits per heavy atom. The lowest BCUT2D eigenvalue weighted by atomic mass is 10.2. The number of hydrogen-bond acceptors (Lipinski definition) is 4. The summed E-state index contributed by atoms with van der Waals surface area (Å²) in [6.07, 6.45) is 0. The number of rotatable bonds is 6. The number of benzene rings is 2. The third kappa shape index (κ3) is 4.71. The van der Waals surface area contributed by atoms with Gasteiger partial charge in [-0.1, -0.05) is 30.3 Å². The molecule has 0 bridgehead atoms. The molecular formula is C19H17F2N3OS. The van der Waals surface area contributed by atoms with Crippen LogP contribution in [0.3, 0.4) is 0 Å². The molecule has 134 valence electrons. The second kappa shape index (κ2) is 8.16. The molecule has 3 aromatic rings. The van der Waals surface area contributed by atoms with Crippen LogP contribution in [0.5, 0.6) is 0 Å². The first-order valence-corrected chi connectivity index (χ1v) is 8.82. The summed E-state index contributed by atoms with van der Waals surface area (Å²) in [7, 11) is 1.86. The molecule has 1 N–H and O–H groups in total. The third-order valence-corrected chi connectivity index (χ3v) is 4.43. The maximum atomic E-state index is 13.3. The Labute approximate surface area is 154 Å². The smallest absolute Gasteiger partial charge is 0.240 e. The molecule has 0 aliphatic rings. The molecule has 0 radical (unpaired) electrons. The minimum absolute atomic E-state index is 0.186. The van der Waals surface area contributed by atoms with Gasteiger partial charge in [-0.05, 0) is 30.8 Å². The fourth-order valence-corrected chi connectivity index (χ4v) is 3.21. The summed E-state index contributed by atoms with van der Waals surface area (Å²) in [6.45, 7) is 0.876. The van der Waals surface area contributed by atoms with Gasteiger partial charge >= 0.3 is 0 Å². The van der Waals surface area contributed by atoms with Crippen LogP contribution in [0.1, 0.15) is 5.56 Å². The largest absolute Gasteiger partial charge is 0.301 e. The molecule has 0 unspecified atom stereocenters. The number of halogens is 2. The Bertz CT molecular complexity index is 899. The average Bonchev–Trinajstić information content (AvgIpc) is 3.06. The molecule has 0 saturated carbocycles. The Morgan fingerprint density at radius 2 is 1.92 bits per heavy atom. The zero-order valence-corrected chi connectivity index (χ0v) is 14.9. The Hall–Kier alpha value is -2.64. The van der Waals surface area contributed by atoms with Crippen LogP contribution in [-0.4, -0.2) is 29.4 Å². The molecule has 0 aliphatic heterocycles. The van der Waals surface area contributed by atoms with E-state index in [1.165, 1.54) is 17.4 Å². The number of amides is 1. The molecule has 0 aliphatic carbocycles. The van der Waals surface area contributed by atoms with E-state index in [0.29, 0.717) is 22.9 Å². The zero-order valence-electron chi connectivity index (χ0n) is 14.1. The van der Waals surface area contributed by atoms with Gasteiger partial charge in [0.1, 0.15) is 0 Å². The Balaban J connectivity index is 1.58. The topological polar surface area (TPSA) is 45.2 Å². The van der Waals surface area contributed by atoms with Crippen LogP contribution in [0.25, 0.3) is 11.3 Å². The molecule has 7 heteroatoms. The summed E-state index contributed by atoms with van der Waals surface area (Å²) in [5, 5.41) is 4.84. The molecule has 1 heterocycles. The minimum Gasteiger partial charge on any atom is -0.301 e. The lowest BCUT2D eigenvalue weighted by molar-refractivity contribution is -0.117. The Morgan fingerprint density at radius 1 is 1.15 bits per heavy atom. The van der Waals surface area contributed by atoms with E-state index < -0.39 is 11.6 Å². The van der Waals surface area contributed by atoms with E-state index in [-0.39, 0.29) is 12.5 Å². The van der Waals surface area contributed by atoms with Crippen LogP contribution in [0.4, 0.5) is 13.9 Å². The number of nitrogens with one attached hydrogen (secondary N) is 1. The highest BCUT2D eigenvalue weighted by molar-refractivity contribution is 7.14. The van der Waals surface area contributed by atoms with Gasteiger partial charge in [-0.25, -0.2) is 13.8 Å². The number of likely N-dealkylation sites (N-methyl/N-ethyl adjacent to an activating group) is 1. The van der Waals surface area contributed by atoms with Crippen molar-refractivity contribution >= 4 is 22.4 Å². The lowest BCUT2D eigenvalue weighted by Crippen LogP contribution is -2.29. The fraction of sp³-hybridized carbons (Fsp3) is 0.158. The van der Waals surface area contributed by atoms with E-state index in [0.717, 1.165) is 17.7 Å². The predicted octanol–water partition coefficient (Wildman–Crippen LogP) is 4.16. The maximum Gasteiger partial charge on any atom is 0.240 e. The number of anilines is 1. The van der Waals surface area contributed by atoms with Crippen LogP contribution in [0.2, 0.25) is 0 Å². The zero-order chi connectivity index (χ0) is 18.5. The molecule has 2 aromatic carbocycles. The van der Waals surface area contributed by atoms with E-state index in [1.807, 2.05) is 42.3 Å². The fourth-order valence-electron chi connectivity index (χ4n) is 2.47.